The number of nitrogens with one attached hydrogen (secondary N) is 1. The zero-order valence-electron chi connectivity index (χ0n) is 12.4. The average molecular weight is 311 g/mol. The lowest BCUT2D eigenvalue weighted by molar-refractivity contribution is 0.0762. The highest BCUT2D eigenvalue weighted by Gasteiger charge is 2.24. The standard InChI is InChI=1S/C14H21N3O3S/c1-11(2)15-13-6-3-5-12(16-13)14(18)17-7-4-9-21(19,20)10-8-17/h3,5-6,11H,4,7-10H2,1-2H3,(H,15,16). The van der Waals surface area contributed by atoms with Crippen LogP contribution in [0.15, 0.2) is 18.2 Å². The predicted molar refractivity (Wildman–Crippen MR) is 82.2 cm³/mol. The minimum Gasteiger partial charge on any atom is -0.368 e. The van der Waals surface area contributed by atoms with E-state index in [9.17, 15) is 13.2 Å². The first-order valence-electron chi connectivity index (χ1n) is 7.11. The molecule has 0 unspecified atom stereocenters. The van der Waals surface area contributed by atoms with E-state index in [1.54, 1.807) is 17.0 Å². The molecule has 1 amide bonds. The first-order valence-corrected chi connectivity index (χ1v) is 8.93. The Labute approximate surface area is 125 Å². The van der Waals surface area contributed by atoms with E-state index in [1.807, 2.05) is 19.9 Å². The summed E-state index contributed by atoms with van der Waals surface area (Å²) in [5.74, 6) is 0.625. The fourth-order valence-electron chi connectivity index (χ4n) is 2.23. The van der Waals surface area contributed by atoms with Gasteiger partial charge in [-0.2, -0.15) is 0 Å². The van der Waals surface area contributed by atoms with E-state index in [0.29, 0.717) is 24.5 Å². The van der Waals surface area contributed by atoms with Gasteiger partial charge in [-0.1, -0.05) is 6.07 Å². The summed E-state index contributed by atoms with van der Waals surface area (Å²) in [6.07, 6.45) is 0.484. The molecule has 1 aromatic heterocycles. The molecule has 0 bridgehead atoms. The number of anilines is 1. The lowest BCUT2D eigenvalue weighted by Gasteiger charge is -2.19. The second-order valence-corrected chi connectivity index (χ2v) is 7.81. The summed E-state index contributed by atoms with van der Waals surface area (Å²) in [6, 6.07) is 5.47. The van der Waals surface area contributed by atoms with E-state index < -0.39 is 9.84 Å². The normalized spacial score (nSPS) is 18.3. The molecule has 2 rings (SSSR count). The molecule has 0 spiro atoms. The highest BCUT2D eigenvalue weighted by Crippen LogP contribution is 2.12. The lowest BCUT2D eigenvalue weighted by Crippen LogP contribution is -2.34. The van der Waals surface area contributed by atoms with Crippen molar-refractivity contribution in [3.63, 3.8) is 0 Å². The number of rotatable bonds is 3. The van der Waals surface area contributed by atoms with Crippen molar-refractivity contribution in [1.82, 2.24) is 9.88 Å². The Morgan fingerprint density at radius 1 is 1.29 bits per heavy atom. The van der Waals surface area contributed by atoms with Gasteiger partial charge in [-0.25, -0.2) is 13.4 Å². The molecule has 1 saturated heterocycles. The van der Waals surface area contributed by atoms with Gasteiger partial charge in [0, 0.05) is 19.1 Å². The number of amides is 1. The smallest absolute Gasteiger partial charge is 0.272 e. The van der Waals surface area contributed by atoms with Crippen LogP contribution in [0.1, 0.15) is 30.8 Å². The van der Waals surface area contributed by atoms with Crippen LogP contribution >= 0.6 is 0 Å². The molecule has 7 heteroatoms. The monoisotopic (exact) mass is 311 g/mol. The zero-order valence-corrected chi connectivity index (χ0v) is 13.2. The van der Waals surface area contributed by atoms with Crippen molar-refractivity contribution in [2.45, 2.75) is 26.3 Å². The molecule has 21 heavy (non-hydrogen) atoms. The third-order valence-corrected chi connectivity index (χ3v) is 4.96. The number of aromatic nitrogens is 1. The van der Waals surface area contributed by atoms with Gasteiger partial charge < -0.3 is 10.2 Å². The van der Waals surface area contributed by atoms with E-state index in [0.717, 1.165) is 0 Å². The van der Waals surface area contributed by atoms with Crippen molar-refractivity contribution < 1.29 is 13.2 Å². The molecular weight excluding hydrogens is 290 g/mol. The average Bonchev–Trinajstić information content (AvgIpc) is 2.58. The van der Waals surface area contributed by atoms with Gasteiger partial charge in [-0.15, -0.1) is 0 Å². The Bertz CT molecular complexity index is 614. The highest BCUT2D eigenvalue weighted by atomic mass is 32.2. The van der Waals surface area contributed by atoms with Gasteiger partial charge in [-0.05, 0) is 32.4 Å². The van der Waals surface area contributed by atoms with Crippen LogP contribution in [0.4, 0.5) is 5.82 Å². The van der Waals surface area contributed by atoms with Gasteiger partial charge in [0.1, 0.15) is 11.5 Å². The third kappa shape index (κ3) is 4.42. The fourth-order valence-corrected chi connectivity index (χ4v) is 3.51. The van der Waals surface area contributed by atoms with Crippen LogP contribution in [0.2, 0.25) is 0 Å². The first-order chi connectivity index (χ1) is 9.87. The number of nitrogens with zero attached hydrogens (tertiary/aromatic N) is 2. The topological polar surface area (TPSA) is 79.4 Å². The number of pyridine rings is 1. The largest absolute Gasteiger partial charge is 0.368 e. The Kier molecular flexibility index (Phi) is 4.82. The minimum absolute atomic E-state index is 0.0304. The van der Waals surface area contributed by atoms with Crippen LogP contribution in [0.25, 0.3) is 0 Å². The molecule has 0 saturated carbocycles. The van der Waals surface area contributed by atoms with Crippen molar-refractivity contribution in [3.8, 4) is 0 Å². The maximum atomic E-state index is 12.4. The van der Waals surface area contributed by atoms with E-state index in [1.165, 1.54) is 0 Å². The molecule has 116 valence electrons. The Balaban J connectivity index is 2.12. The van der Waals surface area contributed by atoms with Gasteiger partial charge in [0.05, 0.1) is 11.5 Å². The van der Waals surface area contributed by atoms with Crippen LogP contribution in [0.3, 0.4) is 0 Å². The number of sulfone groups is 1. The van der Waals surface area contributed by atoms with E-state index in [-0.39, 0.29) is 30.0 Å². The van der Waals surface area contributed by atoms with Gasteiger partial charge in [0.2, 0.25) is 0 Å². The first kappa shape index (κ1) is 15.8. The van der Waals surface area contributed by atoms with Crippen molar-refractivity contribution >= 4 is 21.6 Å². The lowest BCUT2D eigenvalue weighted by atomic mass is 10.3. The Morgan fingerprint density at radius 3 is 2.76 bits per heavy atom. The van der Waals surface area contributed by atoms with E-state index >= 15 is 0 Å². The van der Waals surface area contributed by atoms with Gasteiger partial charge in [0.25, 0.3) is 5.91 Å². The van der Waals surface area contributed by atoms with E-state index in [4.69, 9.17) is 0 Å². The van der Waals surface area contributed by atoms with Crippen molar-refractivity contribution in [3.05, 3.63) is 23.9 Å². The van der Waals surface area contributed by atoms with Crippen LogP contribution in [0.5, 0.6) is 0 Å². The minimum atomic E-state index is -3.02. The third-order valence-electron chi connectivity index (χ3n) is 3.25. The second kappa shape index (κ2) is 6.43. The Morgan fingerprint density at radius 2 is 2.05 bits per heavy atom. The second-order valence-electron chi connectivity index (χ2n) is 5.50. The molecule has 1 N–H and O–H groups in total. The van der Waals surface area contributed by atoms with Gasteiger partial charge in [-0.3, -0.25) is 4.79 Å². The van der Waals surface area contributed by atoms with Gasteiger partial charge in [0.15, 0.2) is 9.84 Å². The molecule has 1 aliphatic rings. The maximum Gasteiger partial charge on any atom is 0.272 e. The quantitative estimate of drug-likeness (QED) is 0.906. The van der Waals surface area contributed by atoms with Crippen molar-refractivity contribution in [1.29, 1.82) is 0 Å². The summed E-state index contributed by atoms with van der Waals surface area (Å²) in [6.45, 7) is 4.69. The summed E-state index contributed by atoms with van der Waals surface area (Å²) < 4.78 is 23.2. The molecule has 0 atom stereocenters. The highest BCUT2D eigenvalue weighted by molar-refractivity contribution is 7.91. The molecule has 0 radical (unpaired) electrons. The number of carbonyl (C=O) groups excluding carboxylic acids is 1. The molecule has 2 heterocycles. The number of hydrogen-bond acceptors (Lipinski definition) is 5. The predicted octanol–water partition coefficient (Wildman–Crippen LogP) is 1.16. The Hall–Kier alpha value is -1.63. The van der Waals surface area contributed by atoms with Crippen LogP contribution in [-0.4, -0.2) is 54.8 Å². The number of hydrogen-bond donors (Lipinski definition) is 1. The van der Waals surface area contributed by atoms with Crippen LogP contribution < -0.4 is 5.32 Å². The molecule has 0 aromatic carbocycles. The maximum absolute atomic E-state index is 12.4. The molecule has 1 aliphatic heterocycles. The van der Waals surface area contributed by atoms with Gasteiger partial charge >= 0.3 is 0 Å². The summed E-state index contributed by atoms with van der Waals surface area (Å²) in [7, 11) is -3.02. The van der Waals surface area contributed by atoms with E-state index in [2.05, 4.69) is 10.3 Å². The summed E-state index contributed by atoms with van der Waals surface area (Å²) in [5, 5.41) is 3.15. The molecular formula is C14H21N3O3S. The molecule has 1 aromatic rings. The molecule has 1 fully saturated rings. The fraction of sp³-hybridized carbons (Fsp3) is 0.571. The van der Waals surface area contributed by atoms with Crippen LogP contribution in [0, 0.1) is 0 Å². The summed E-state index contributed by atoms with van der Waals surface area (Å²) in [5.41, 5.74) is 0.347. The zero-order chi connectivity index (χ0) is 15.5. The summed E-state index contributed by atoms with van der Waals surface area (Å²) >= 11 is 0. The van der Waals surface area contributed by atoms with Crippen molar-refractivity contribution in [2.75, 3.05) is 29.9 Å². The van der Waals surface area contributed by atoms with Crippen LogP contribution in [-0.2, 0) is 9.84 Å². The van der Waals surface area contributed by atoms with Crippen molar-refractivity contribution in [2.24, 2.45) is 0 Å². The molecule has 6 nitrogen and oxygen atoms in total. The summed E-state index contributed by atoms with van der Waals surface area (Å²) in [4.78, 5) is 18.3. The SMILES string of the molecule is CC(C)Nc1cccc(C(=O)N2CCCS(=O)(=O)CC2)n1. The number of carbonyl (C=O) groups is 1. The molecule has 0 aliphatic carbocycles.